The quantitative estimate of drug-likeness (QED) is 0.505. The van der Waals surface area contributed by atoms with Crippen LogP contribution >= 0.6 is 24.6 Å². The van der Waals surface area contributed by atoms with E-state index >= 15 is 0 Å². The molecule has 0 saturated heterocycles. The van der Waals surface area contributed by atoms with Gasteiger partial charge in [0.05, 0.1) is 17.3 Å². The average Bonchev–Trinajstić information content (AvgIpc) is 2.74. The lowest BCUT2D eigenvalue weighted by atomic mass is 10.0. The highest BCUT2D eigenvalue weighted by molar-refractivity contribution is 7.80. The van der Waals surface area contributed by atoms with Crippen LogP contribution in [0.25, 0.3) is 0 Å². The number of carbonyl (C=O) groups is 1. The molecule has 1 atom stereocenters. The Morgan fingerprint density at radius 1 is 1.32 bits per heavy atom. The van der Waals surface area contributed by atoms with E-state index in [1.165, 1.54) is 25.7 Å². The number of halogens is 1. The van der Waals surface area contributed by atoms with Crippen LogP contribution in [0, 0.1) is 5.92 Å². The van der Waals surface area contributed by atoms with Crippen molar-refractivity contribution in [1.82, 2.24) is 4.98 Å². The summed E-state index contributed by atoms with van der Waals surface area (Å²) in [7, 11) is 0. The second-order valence-electron chi connectivity index (χ2n) is 5.58. The van der Waals surface area contributed by atoms with E-state index in [0.29, 0.717) is 18.2 Å². The molecule has 1 saturated carbocycles. The summed E-state index contributed by atoms with van der Waals surface area (Å²) < 4.78 is 5.47. The van der Waals surface area contributed by atoms with Gasteiger partial charge in [0, 0.05) is 6.20 Å². The van der Waals surface area contributed by atoms with E-state index in [9.17, 15) is 4.79 Å². The Bertz CT molecular complexity index is 476. The molecule has 122 valence electrons. The van der Waals surface area contributed by atoms with Gasteiger partial charge >= 0.3 is 5.97 Å². The number of hydrogen-bond acceptors (Lipinski definition) is 4. The fourth-order valence-corrected chi connectivity index (χ4v) is 2.96. The van der Waals surface area contributed by atoms with Crippen LogP contribution in [-0.4, -0.2) is 22.5 Å². The summed E-state index contributed by atoms with van der Waals surface area (Å²) in [6.45, 7) is 0.463. The molecule has 1 heterocycles. The number of nitrogens with zero attached hydrogens (tertiary/aromatic N) is 1. The number of carbonyl (C=O) groups excluding carboxylic acids is 1. The van der Waals surface area contributed by atoms with Gasteiger partial charge in [-0.25, -0.2) is 0 Å². The van der Waals surface area contributed by atoms with E-state index in [0.717, 1.165) is 12.8 Å². The number of hydrogen-bond donors (Lipinski definition) is 1. The van der Waals surface area contributed by atoms with Crippen LogP contribution in [0.3, 0.4) is 0 Å². The van der Waals surface area contributed by atoms with Gasteiger partial charge in [0.1, 0.15) is 5.92 Å². The van der Waals surface area contributed by atoms with Crippen molar-refractivity contribution in [3.05, 3.63) is 30.1 Å². The van der Waals surface area contributed by atoms with Crippen molar-refractivity contribution >= 4 is 35.6 Å². The van der Waals surface area contributed by atoms with Gasteiger partial charge in [0.25, 0.3) is 0 Å². The van der Waals surface area contributed by atoms with Crippen molar-refractivity contribution in [2.45, 2.75) is 44.4 Å². The molecule has 2 rings (SSSR count). The van der Waals surface area contributed by atoms with Crippen LogP contribution in [-0.2, 0) is 9.53 Å². The average molecular weight is 343 g/mol. The molecule has 0 aliphatic heterocycles. The minimum atomic E-state index is -0.744. The fourth-order valence-electron chi connectivity index (χ4n) is 2.74. The summed E-state index contributed by atoms with van der Waals surface area (Å²) in [5, 5.41) is 0. The van der Waals surface area contributed by atoms with Crippen LogP contribution in [0.15, 0.2) is 24.4 Å². The number of aromatic nitrogens is 1. The molecule has 1 aromatic rings. The minimum absolute atomic E-state index is 0. The van der Waals surface area contributed by atoms with Crippen LogP contribution < -0.4 is 5.73 Å². The SMILES string of the molecule is Cl.NC(=S)C(C(=O)OCC1CCCCCC1)c1ccccn1. The van der Waals surface area contributed by atoms with Gasteiger partial charge < -0.3 is 10.5 Å². The summed E-state index contributed by atoms with van der Waals surface area (Å²) in [6, 6.07) is 5.35. The van der Waals surface area contributed by atoms with E-state index in [1.807, 2.05) is 6.07 Å². The number of rotatable bonds is 5. The summed E-state index contributed by atoms with van der Waals surface area (Å²) in [5.74, 6) is -0.662. The second-order valence-corrected chi connectivity index (χ2v) is 6.05. The molecule has 0 spiro atoms. The molecular formula is C16H23ClN2O2S. The van der Waals surface area contributed by atoms with E-state index in [1.54, 1.807) is 18.3 Å². The summed E-state index contributed by atoms with van der Waals surface area (Å²) in [6.07, 6.45) is 8.91. The predicted molar refractivity (Wildman–Crippen MR) is 93.2 cm³/mol. The molecular weight excluding hydrogens is 320 g/mol. The fraction of sp³-hybridized carbons (Fsp3) is 0.562. The molecule has 1 aliphatic rings. The Morgan fingerprint density at radius 3 is 2.55 bits per heavy atom. The Labute approximate surface area is 143 Å². The first-order valence-corrected chi connectivity index (χ1v) is 7.96. The van der Waals surface area contributed by atoms with E-state index in [2.05, 4.69) is 4.98 Å². The summed E-state index contributed by atoms with van der Waals surface area (Å²) >= 11 is 5.00. The van der Waals surface area contributed by atoms with Gasteiger partial charge in [-0.05, 0) is 30.9 Å². The molecule has 4 nitrogen and oxygen atoms in total. The Morgan fingerprint density at radius 2 is 2.00 bits per heavy atom. The number of esters is 1. The number of thiocarbonyl (C=S) groups is 1. The van der Waals surface area contributed by atoms with E-state index in [-0.39, 0.29) is 23.4 Å². The minimum Gasteiger partial charge on any atom is -0.465 e. The lowest BCUT2D eigenvalue weighted by Gasteiger charge is -2.18. The van der Waals surface area contributed by atoms with Crippen LogP contribution in [0.2, 0.25) is 0 Å². The zero-order valence-corrected chi connectivity index (χ0v) is 14.2. The molecule has 0 amide bonds. The van der Waals surface area contributed by atoms with Crippen LogP contribution in [0.1, 0.15) is 50.1 Å². The Kier molecular flexibility index (Phi) is 8.35. The molecule has 0 aromatic carbocycles. The lowest BCUT2D eigenvalue weighted by molar-refractivity contribution is -0.145. The Balaban J connectivity index is 0.00000242. The van der Waals surface area contributed by atoms with E-state index in [4.69, 9.17) is 22.7 Å². The summed E-state index contributed by atoms with van der Waals surface area (Å²) in [4.78, 5) is 16.6. The molecule has 22 heavy (non-hydrogen) atoms. The van der Waals surface area contributed by atoms with Crippen molar-refractivity contribution in [1.29, 1.82) is 0 Å². The first-order chi connectivity index (χ1) is 10.2. The smallest absolute Gasteiger partial charge is 0.322 e. The van der Waals surface area contributed by atoms with E-state index < -0.39 is 5.92 Å². The van der Waals surface area contributed by atoms with Gasteiger partial charge in [-0.1, -0.05) is 44.0 Å². The van der Waals surface area contributed by atoms with Crippen molar-refractivity contribution in [2.75, 3.05) is 6.61 Å². The normalized spacial score (nSPS) is 16.9. The van der Waals surface area contributed by atoms with Gasteiger partial charge in [0.2, 0.25) is 0 Å². The summed E-state index contributed by atoms with van der Waals surface area (Å²) in [5.41, 5.74) is 6.25. The molecule has 1 aromatic heterocycles. The molecule has 1 fully saturated rings. The molecule has 1 aliphatic carbocycles. The van der Waals surface area contributed by atoms with Crippen molar-refractivity contribution < 1.29 is 9.53 Å². The standard InChI is InChI=1S/C16H22N2O2S.ClH/c17-15(21)14(13-9-5-6-10-18-13)16(19)20-11-12-7-3-1-2-4-8-12;/h5-6,9-10,12,14H,1-4,7-8,11H2,(H2,17,21);1H. The van der Waals surface area contributed by atoms with Crippen molar-refractivity contribution in [2.24, 2.45) is 11.7 Å². The highest BCUT2D eigenvalue weighted by Gasteiger charge is 2.27. The predicted octanol–water partition coefficient (Wildman–Crippen LogP) is 3.39. The lowest BCUT2D eigenvalue weighted by Crippen LogP contribution is -2.30. The monoisotopic (exact) mass is 342 g/mol. The van der Waals surface area contributed by atoms with Crippen molar-refractivity contribution in [3.8, 4) is 0 Å². The maximum absolute atomic E-state index is 12.3. The number of ether oxygens (including phenoxy) is 1. The zero-order valence-electron chi connectivity index (χ0n) is 12.6. The van der Waals surface area contributed by atoms with Crippen molar-refractivity contribution in [3.63, 3.8) is 0 Å². The third-order valence-electron chi connectivity index (χ3n) is 3.94. The van der Waals surface area contributed by atoms with Crippen LogP contribution in [0.5, 0.6) is 0 Å². The molecule has 0 bridgehead atoms. The molecule has 6 heteroatoms. The number of nitrogens with two attached hydrogens (primary N) is 1. The first kappa shape index (κ1) is 18.8. The number of pyridine rings is 1. The Hall–Kier alpha value is -1.20. The first-order valence-electron chi connectivity index (χ1n) is 7.55. The van der Waals surface area contributed by atoms with Gasteiger partial charge in [0.15, 0.2) is 0 Å². The highest BCUT2D eigenvalue weighted by Crippen LogP contribution is 2.24. The largest absolute Gasteiger partial charge is 0.465 e. The highest BCUT2D eigenvalue weighted by atomic mass is 35.5. The third-order valence-corrected chi connectivity index (χ3v) is 4.18. The van der Waals surface area contributed by atoms with Gasteiger partial charge in [-0.15, -0.1) is 12.4 Å². The van der Waals surface area contributed by atoms with Gasteiger partial charge in [-0.3, -0.25) is 9.78 Å². The maximum Gasteiger partial charge on any atom is 0.322 e. The zero-order chi connectivity index (χ0) is 15.1. The second kappa shape index (κ2) is 9.74. The van der Waals surface area contributed by atoms with Gasteiger partial charge in [-0.2, -0.15) is 0 Å². The molecule has 1 unspecified atom stereocenters. The van der Waals surface area contributed by atoms with Crippen LogP contribution in [0.4, 0.5) is 0 Å². The molecule has 0 radical (unpaired) electrons. The topological polar surface area (TPSA) is 65.2 Å². The molecule has 2 N–H and O–H groups in total. The third kappa shape index (κ3) is 5.54. The maximum atomic E-state index is 12.3.